The molecule has 3 aromatic carbocycles. The lowest BCUT2D eigenvalue weighted by Gasteiger charge is -2.28. The maximum atomic E-state index is 13.8. The molecule has 1 amide bonds. The van der Waals surface area contributed by atoms with Crippen molar-refractivity contribution in [3.05, 3.63) is 102 Å². The van der Waals surface area contributed by atoms with Crippen molar-refractivity contribution in [2.75, 3.05) is 6.54 Å². The van der Waals surface area contributed by atoms with Crippen LogP contribution in [0.25, 0.3) is 11.0 Å². The van der Waals surface area contributed by atoms with Gasteiger partial charge in [-0.1, -0.05) is 72.8 Å². The topological polar surface area (TPSA) is 49.0 Å². The van der Waals surface area contributed by atoms with Crippen LogP contribution in [-0.4, -0.2) is 27.3 Å². The quantitative estimate of drug-likeness (QED) is 0.537. The maximum absolute atomic E-state index is 13.8. The third-order valence-corrected chi connectivity index (χ3v) is 5.77. The summed E-state index contributed by atoms with van der Waals surface area (Å²) in [6, 6.07) is 28.2. The number of imidazole rings is 1. The van der Waals surface area contributed by atoms with Crippen LogP contribution in [0.4, 0.5) is 0 Å². The van der Waals surface area contributed by atoms with E-state index >= 15 is 0 Å². The van der Waals surface area contributed by atoms with Crippen LogP contribution in [0.1, 0.15) is 41.8 Å². The van der Waals surface area contributed by atoms with E-state index in [4.69, 9.17) is 4.98 Å². The summed E-state index contributed by atoms with van der Waals surface area (Å²) in [5, 5.41) is 0. The van der Waals surface area contributed by atoms with Crippen LogP contribution < -0.4 is 0 Å². The number of para-hydroxylation sites is 2. The molecule has 4 nitrogen and oxygen atoms in total. The zero-order valence-electron chi connectivity index (χ0n) is 16.2. The Bertz CT molecular complexity index is 1050. The zero-order chi connectivity index (χ0) is 19.6. The summed E-state index contributed by atoms with van der Waals surface area (Å²) in [5.41, 5.74) is 4.02. The highest BCUT2D eigenvalue weighted by molar-refractivity contribution is 5.88. The Kier molecular flexibility index (Phi) is 4.60. The van der Waals surface area contributed by atoms with Crippen molar-refractivity contribution in [3.8, 4) is 0 Å². The Balaban J connectivity index is 1.52. The first kappa shape index (κ1) is 17.7. The predicted octanol–water partition coefficient (Wildman–Crippen LogP) is 5.06. The van der Waals surface area contributed by atoms with Crippen molar-refractivity contribution in [2.45, 2.75) is 24.8 Å². The molecule has 5 rings (SSSR count). The molecule has 2 heterocycles. The molecule has 0 radical (unpaired) electrons. The van der Waals surface area contributed by atoms with Gasteiger partial charge in [-0.15, -0.1) is 0 Å². The van der Waals surface area contributed by atoms with E-state index in [0.29, 0.717) is 0 Å². The minimum atomic E-state index is -0.303. The van der Waals surface area contributed by atoms with Crippen LogP contribution in [0.3, 0.4) is 0 Å². The van der Waals surface area contributed by atoms with Gasteiger partial charge in [0.25, 0.3) is 0 Å². The average molecular weight is 381 g/mol. The Morgan fingerprint density at radius 3 is 2.17 bits per heavy atom. The summed E-state index contributed by atoms with van der Waals surface area (Å²) in [6.07, 6.45) is 1.92. The number of hydrogen-bond acceptors (Lipinski definition) is 2. The fourth-order valence-corrected chi connectivity index (χ4v) is 4.38. The largest absolute Gasteiger partial charge is 0.340 e. The van der Waals surface area contributed by atoms with Gasteiger partial charge in [0.1, 0.15) is 5.82 Å². The second kappa shape index (κ2) is 7.55. The van der Waals surface area contributed by atoms with Crippen molar-refractivity contribution in [1.29, 1.82) is 0 Å². The fraction of sp³-hybridized carbons (Fsp3) is 0.200. The molecular weight excluding hydrogens is 358 g/mol. The van der Waals surface area contributed by atoms with Gasteiger partial charge in [-0.25, -0.2) is 4.98 Å². The van der Waals surface area contributed by atoms with Gasteiger partial charge in [0.2, 0.25) is 5.91 Å². The second-order valence-electron chi connectivity index (χ2n) is 7.58. The molecule has 0 spiro atoms. The number of fused-ring (bicyclic) bond motifs is 1. The molecule has 1 aliphatic rings. The molecule has 1 aliphatic heterocycles. The Hall–Kier alpha value is -3.40. The summed E-state index contributed by atoms with van der Waals surface area (Å²) >= 11 is 0. The molecule has 1 N–H and O–H groups in total. The van der Waals surface area contributed by atoms with Crippen LogP contribution in [0.2, 0.25) is 0 Å². The number of benzene rings is 3. The number of rotatable bonds is 4. The zero-order valence-corrected chi connectivity index (χ0v) is 16.2. The highest BCUT2D eigenvalue weighted by Crippen LogP contribution is 2.36. The average Bonchev–Trinajstić information content (AvgIpc) is 3.42. The molecule has 4 heteroatoms. The summed E-state index contributed by atoms with van der Waals surface area (Å²) in [6.45, 7) is 0.761. The SMILES string of the molecule is O=C(C(c1ccccc1)c1ccccc1)N1CCCC1c1nc2ccccc2[nH]1. The third-order valence-electron chi connectivity index (χ3n) is 5.77. The van der Waals surface area contributed by atoms with Gasteiger partial charge >= 0.3 is 0 Å². The van der Waals surface area contributed by atoms with Gasteiger partial charge in [0.05, 0.1) is 23.0 Å². The van der Waals surface area contributed by atoms with E-state index in [1.165, 1.54) is 0 Å². The van der Waals surface area contributed by atoms with E-state index in [9.17, 15) is 4.79 Å². The number of carbonyl (C=O) groups excluding carboxylic acids is 1. The molecule has 1 aromatic heterocycles. The molecular formula is C25H23N3O. The van der Waals surface area contributed by atoms with Gasteiger partial charge in [-0.3, -0.25) is 4.79 Å². The van der Waals surface area contributed by atoms with Crippen LogP contribution in [0.5, 0.6) is 0 Å². The molecule has 1 unspecified atom stereocenters. The van der Waals surface area contributed by atoms with E-state index in [1.807, 2.05) is 89.8 Å². The van der Waals surface area contributed by atoms with E-state index < -0.39 is 0 Å². The number of aromatic amines is 1. The molecule has 29 heavy (non-hydrogen) atoms. The summed E-state index contributed by atoms with van der Waals surface area (Å²) in [4.78, 5) is 24.1. The first-order valence-electron chi connectivity index (χ1n) is 10.2. The molecule has 1 fully saturated rings. The van der Waals surface area contributed by atoms with Crippen LogP contribution in [0.15, 0.2) is 84.9 Å². The number of nitrogens with one attached hydrogen (secondary N) is 1. The number of amides is 1. The van der Waals surface area contributed by atoms with Crippen LogP contribution in [-0.2, 0) is 4.79 Å². The highest BCUT2D eigenvalue weighted by Gasteiger charge is 2.36. The van der Waals surface area contributed by atoms with Crippen molar-refractivity contribution >= 4 is 16.9 Å². The second-order valence-corrected chi connectivity index (χ2v) is 7.58. The summed E-state index contributed by atoms with van der Waals surface area (Å²) in [7, 11) is 0. The smallest absolute Gasteiger partial charge is 0.235 e. The summed E-state index contributed by atoms with van der Waals surface area (Å²) < 4.78 is 0. The van der Waals surface area contributed by atoms with Gasteiger partial charge in [-0.05, 0) is 36.1 Å². The van der Waals surface area contributed by atoms with Crippen molar-refractivity contribution < 1.29 is 4.79 Å². The van der Waals surface area contributed by atoms with Crippen molar-refractivity contribution in [3.63, 3.8) is 0 Å². The Morgan fingerprint density at radius 1 is 0.897 bits per heavy atom. The number of carbonyl (C=O) groups is 1. The Morgan fingerprint density at radius 2 is 1.52 bits per heavy atom. The standard InChI is InChI=1S/C25H23N3O/c29-25(23(18-10-3-1-4-11-18)19-12-5-2-6-13-19)28-17-9-16-22(28)24-26-20-14-7-8-15-21(20)27-24/h1-8,10-15,22-23H,9,16-17H2,(H,26,27). The molecule has 0 aliphatic carbocycles. The number of likely N-dealkylation sites (tertiary alicyclic amines) is 1. The lowest BCUT2D eigenvalue weighted by molar-refractivity contribution is -0.133. The van der Waals surface area contributed by atoms with E-state index in [1.54, 1.807) is 0 Å². The Labute approximate surface area is 170 Å². The lowest BCUT2D eigenvalue weighted by atomic mass is 9.90. The normalized spacial score (nSPS) is 16.6. The minimum Gasteiger partial charge on any atom is -0.340 e. The maximum Gasteiger partial charge on any atom is 0.235 e. The van der Waals surface area contributed by atoms with Crippen LogP contribution >= 0.6 is 0 Å². The molecule has 0 bridgehead atoms. The van der Waals surface area contributed by atoms with Crippen molar-refractivity contribution in [2.24, 2.45) is 0 Å². The van der Waals surface area contributed by atoms with E-state index in [-0.39, 0.29) is 17.9 Å². The molecule has 4 aromatic rings. The molecule has 0 saturated carbocycles. The third kappa shape index (κ3) is 3.31. The molecule has 1 saturated heterocycles. The first-order valence-corrected chi connectivity index (χ1v) is 10.2. The monoisotopic (exact) mass is 381 g/mol. The van der Waals surface area contributed by atoms with E-state index in [2.05, 4.69) is 4.98 Å². The number of aromatic nitrogens is 2. The predicted molar refractivity (Wildman–Crippen MR) is 115 cm³/mol. The number of nitrogens with zero attached hydrogens (tertiary/aromatic N) is 2. The van der Waals surface area contributed by atoms with Gasteiger partial charge in [-0.2, -0.15) is 0 Å². The molecule has 1 atom stereocenters. The molecule has 144 valence electrons. The number of H-pyrrole nitrogens is 1. The van der Waals surface area contributed by atoms with Crippen molar-refractivity contribution in [1.82, 2.24) is 14.9 Å². The lowest BCUT2D eigenvalue weighted by Crippen LogP contribution is -2.35. The minimum absolute atomic E-state index is 0.00942. The fourth-order valence-electron chi connectivity index (χ4n) is 4.38. The van der Waals surface area contributed by atoms with Crippen LogP contribution in [0, 0.1) is 0 Å². The highest BCUT2D eigenvalue weighted by atomic mass is 16.2. The van der Waals surface area contributed by atoms with Gasteiger partial charge in [0, 0.05) is 6.54 Å². The van der Waals surface area contributed by atoms with E-state index in [0.717, 1.165) is 47.4 Å². The van der Waals surface area contributed by atoms with Gasteiger partial charge < -0.3 is 9.88 Å². The summed E-state index contributed by atoms with van der Waals surface area (Å²) in [5.74, 6) is 0.727. The van der Waals surface area contributed by atoms with Gasteiger partial charge in [0.15, 0.2) is 0 Å². The first-order chi connectivity index (χ1) is 14.3. The number of hydrogen-bond donors (Lipinski definition) is 1.